The summed E-state index contributed by atoms with van der Waals surface area (Å²) in [6, 6.07) is 7.24. The first kappa shape index (κ1) is 23.3. The third kappa shape index (κ3) is 7.10. The van der Waals surface area contributed by atoms with Crippen LogP contribution in [-0.2, 0) is 27.4 Å². The Morgan fingerprint density at radius 2 is 1.94 bits per heavy atom. The molecule has 2 aliphatic heterocycles. The highest BCUT2D eigenvalue weighted by Gasteiger charge is 2.31. The van der Waals surface area contributed by atoms with E-state index in [1.807, 2.05) is 17.0 Å². The fraction of sp³-hybridized carbons (Fsp3) is 0.619. The molecule has 0 saturated carbocycles. The lowest BCUT2D eigenvalue weighted by atomic mass is 10.1. The van der Waals surface area contributed by atoms with Crippen LogP contribution in [0.3, 0.4) is 0 Å². The summed E-state index contributed by atoms with van der Waals surface area (Å²) < 4.78 is 46.9. The average molecular weight is 442 g/mol. The van der Waals surface area contributed by atoms with E-state index in [0.717, 1.165) is 24.4 Å². The molecular formula is C21H29F3N4O3. The van der Waals surface area contributed by atoms with Gasteiger partial charge in [-0.25, -0.2) is 0 Å². The van der Waals surface area contributed by atoms with E-state index in [-0.39, 0.29) is 18.6 Å². The first-order valence-electron chi connectivity index (χ1n) is 10.4. The van der Waals surface area contributed by atoms with Crippen molar-refractivity contribution in [1.29, 1.82) is 0 Å². The minimum absolute atomic E-state index is 0.0738. The molecule has 3 rings (SSSR count). The Labute approximate surface area is 180 Å². The summed E-state index contributed by atoms with van der Waals surface area (Å²) in [7, 11) is 1.70. The summed E-state index contributed by atoms with van der Waals surface area (Å²) in [5.74, 6) is 0.799. The number of piperazine rings is 1. The quantitative estimate of drug-likeness (QED) is 0.540. The van der Waals surface area contributed by atoms with E-state index >= 15 is 0 Å². The Morgan fingerprint density at radius 3 is 2.58 bits per heavy atom. The van der Waals surface area contributed by atoms with Gasteiger partial charge in [0.15, 0.2) is 5.96 Å². The molecule has 1 aromatic carbocycles. The van der Waals surface area contributed by atoms with Gasteiger partial charge in [-0.2, -0.15) is 13.2 Å². The zero-order chi connectivity index (χ0) is 22.3. The van der Waals surface area contributed by atoms with Crippen molar-refractivity contribution in [3.63, 3.8) is 0 Å². The molecule has 10 heteroatoms. The number of halogens is 3. The molecule has 2 aliphatic rings. The van der Waals surface area contributed by atoms with Gasteiger partial charge in [-0.05, 0) is 24.0 Å². The van der Waals surface area contributed by atoms with Crippen LogP contribution < -0.4 is 5.32 Å². The van der Waals surface area contributed by atoms with Crippen LogP contribution in [0.4, 0.5) is 13.2 Å². The first-order valence-corrected chi connectivity index (χ1v) is 10.4. The Kier molecular flexibility index (Phi) is 8.14. The number of nitrogens with zero attached hydrogens (tertiary/aromatic N) is 3. The maximum absolute atomic E-state index is 12.5. The second kappa shape index (κ2) is 10.8. The smallest absolute Gasteiger partial charge is 0.368 e. The van der Waals surface area contributed by atoms with Crippen LogP contribution in [0.5, 0.6) is 0 Å². The Morgan fingerprint density at radius 1 is 1.23 bits per heavy atom. The van der Waals surface area contributed by atoms with Crippen LogP contribution >= 0.6 is 0 Å². The predicted molar refractivity (Wildman–Crippen MR) is 109 cm³/mol. The number of amides is 1. The number of carbonyl (C=O) groups excluding carboxylic acids is 1. The summed E-state index contributed by atoms with van der Waals surface area (Å²) in [6.45, 7) is 2.35. The van der Waals surface area contributed by atoms with Gasteiger partial charge in [-0.1, -0.05) is 24.3 Å². The topological polar surface area (TPSA) is 66.4 Å². The van der Waals surface area contributed by atoms with Gasteiger partial charge in [0.2, 0.25) is 0 Å². The highest BCUT2D eigenvalue weighted by atomic mass is 19.4. The van der Waals surface area contributed by atoms with E-state index in [4.69, 9.17) is 9.47 Å². The molecule has 0 bridgehead atoms. The maximum Gasteiger partial charge on any atom is 0.411 e. The lowest BCUT2D eigenvalue weighted by Crippen LogP contribution is -2.55. The minimum Gasteiger partial charge on any atom is -0.368 e. The van der Waals surface area contributed by atoms with E-state index in [1.54, 1.807) is 19.2 Å². The summed E-state index contributed by atoms with van der Waals surface area (Å²) >= 11 is 0. The van der Waals surface area contributed by atoms with Crippen LogP contribution in [0.15, 0.2) is 29.3 Å². The van der Waals surface area contributed by atoms with Gasteiger partial charge in [0, 0.05) is 46.4 Å². The lowest BCUT2D eigenvalue weighted by molar-refractivity contribution is -0.176. The summed E-state index contributed by atoms with van der Waals surface area (Å²) in [6.07, 6.45) is -2.90. The number of nitrogens with one attached hydrogen (secondary N) is 1. The molecule has 31 heavy (non-hydrogen) atoms. The molecule has 0 spiro atoms. The predicted octanol–water partition coefficient (Wildman–Crippen LogP) is 2.16. The molecule has 1 N–H and O–H groups in total. The van der Waals surface area contributed by atoms with Crippen LogP contribution in [0.25, 0.3) is 0 Å². The van der Waals surface area contributed by atoms with Crippen molar-refractivity contribution in [3.8, 4) is 0 Å². The SMILES string of the molecule is CN=C(NCc1cccc(COCC(F)(F)F)c1)N1CCN(C(=O)C2CCCO2)CC1. The fourth-order valence-corrected chi connectivity index (χ4v) is 3.74. The number of guanidine groups is 1. The molecule has 1 amide bonds. The van der Waals surface area contributed by atoms with Crippen molar-refractivity contribution in [2.75, 3.05) is 46.4 Å². The van der Waals surface area contributed by atoms with Crippen molar-refractivity contribution in [2.45, 2.75) is 38.3 Å². The molecule has 1 unspecified atom stereocenters. The molecule has 0 radical (unpaired) electrons. The zero-order valence-corrected chi connectivity index (χ0v) is 17.7. The summed E-state index contributed by atoms with van der Waals surface area (Å²) in [5, 5.41) is 3.29. The van der Waals surface area contributed by atoms with Gasteiger partial charge < -0.3 is 24.6 Å². The molecule has 172 valence electrons. The summed E-state index contributed by atoms with van der Waals surface area (Å²) in [4.78, 5) is 20.8. The van der Waals surface area contributed by atoms with E-state index in [0.29, 0.717) is 44.9 Å². The number of rotatable bonds is 6. The van der Waals surface area contributed by atoms with E-state index < -0.39 is 12.8 Å². The number of benzene rings is 1. The summed E-state index contributed by atoms with van der Waals surface area (Å²) in [5.41, 5.74) is 1.60. The van der Waals surface area contributed by atoms with E-state index in [1.165, 1.54) is 0 Å². The Bertz CT molecular complexity index is 758. The molecule has 0 aromatic heterocycles. The van der Waals surface area contributed by atoms with Crippen LogP contribution in [-0.4, -0.2) is 80.4 Å². The van der Waals surface area contributed by atoms with Crippen LogP contribution in [0, 0.1) is 0 Å². The number of ether oxygens (including phenoxy) is 2. The van der Waals surface area contributed by atoms with E-state index in [2.05, 4.69) is 15.2 Å². The molecular weight excluding hydrogens is 413 g/mol. The highest BCUT2D eigenvalue weighted by Crippen LogP contribution is 2.17. The number of carbonyl (C=O) groups is 1. The van der Waals surface area contributed by atoms with Crippen molar-refractivity contribution in [3.05, 3.63) is 35.4 Å². The number of aliphatic imine (C=N–C) groups is 1. The molecule has 2 heterocycles. The number of hydrogen-bond donors (Lipinski definition) is 1. The number of alkyl halides is 3. The maximum atomic E-state index is 12.5. The first-order chi connectivity index (χ1) is 14.9. The second-order valence-electron chi connectivity index (χ2n) is 7.64. The standard InChI is InChI=1S/C21H29F3N4O3/c1-25-20(28-9-7-27(8-10-28)19(29)18-6-3-11-31-18)26-13-16-4-2-5-17(12-16)14-30-15-21(22,23)24/h2,4-5,12,18H,3,6-11,13-15H2,1H3,(H,25,26). The van der Waals surface area contributed by atoms with Crippen LogP contribution in [0.1, 0.15) is 24.0 Å². The van der Waals surface area contributed by atoms with Crippen molar-refractivity contribution in [2.24, 2.45) is 4.99 Å². The Balaban J connectivity index is 1.45. The molecule has 2 saturated heterocycles. The normalized spacial score (nSPS) is 20.3. The van der Waals surface area contributed by atoms with Gasteiger partial charge in [0.1, 0.15) is 12.7 Å². The molecule has 7 nitrogen and oxygen atoms in total. The van der Waals surface area contributed by atoms with Crippen LogP contribution in [0.2, 0.25) is 0 Å². The van der Waals surface area contributed by atoms with Gasteiger partial charge in [0.25, 0.3) is 5.91 Å². The van der Waals surface area contributed by atoms with Gasteiger partial charge >= 0.3 is 6.18 Å². The van der Waals surface area contributed by atoms with Crippen molar-refractivity contribution in [1.82, 2.24) is 15.1 Å². The third-order valence-corrected chi connectivity index (χ3v) is 5.28. The number of hydrogen-bond acceptors (Lipinski definition) is 4. The average Bonchev–Trinajstić information content (AvgIpc) is 3.28. The lowest BCUT2D eigenvalue weighted by Gasteiger charge is -2.37. The van der Waals surface area contributed by atoms with Gasteiger partial charge in [0.05, 0.1) is 6.61 Å². The highest BCUT2D eigenvalue weighted by molar-refractivity contribution is 5.82. The Hall–Kier alpha value is -2.33. The monoisotopic (exact) mass is 442 g/mol. The van der Waals surface area contributed by atoms with Crippen molar-refractivity contribution < 1.29 is 27.4 Å². The van der Waals surface area contributed by atoms with Crippen molar-refractivity contribution >= 4 is 11.9 Å². The zero-order valence-electron chi connectivity index (χ0n) is 17.7. The largest absolute Gasteiger partial charge is 0.411 e. The molecule has 1 aromatic rings. The molecule has 2 fully saturated rings. The van der Waals surface area contributed by atoms with E-state index in [9.17, 15) is 18.0 Å². The molecule has 0 aliphatic carbocycles. The van der Waals surface area contributed by atoms with Gasteiger partial charge in [-0.3, -0.25) is 9.79 Å². The fourth-order valence-electron chi connectivity index (χ4n) is 3.74. The third-order valence-electron chi connectivity index (χ3n) is 5.28. The second-order valence-corrected chi connectivity index (χ2v) is 7.64. The van der Waals surface area contributed by atoms with Gasteiger partial charge in [-0.15, -0.1) is 0 Å². The molecule has 1 atom stereocenters. The minimum atomic E-state index is -4.33.